The maximum Gasteiger partial charge on any atom is 0.131 e. The first kappa shape index (κ1) is 6.94. The van der Waals surface area contributed by atoms with Crippen molar-refractivity contribution in [3.8, 4) is 5.75 Å². The SMILES string of the molecule is Oc1cc2ncsc2cc1S. The van der Waals surface area contributed by atoms with Gasteiger partial charge < -0.3 is 5.11 Å². The predicted octanol–water partition coefficient (Wildman–Crippen LogP) is 2.29. The van der Waals surface area contributed by atoms with Gasteiger partial charge in [-0.25, -0.2) is 4.98 Å². The Bertz CT molecular complexity index is 360. The second-order valence-electron chi connectivity index (χ2n) is 2.16. The minimum atomic E-state index is 0.187. The summed E-state index contributed by atoms with van der Waals surface area (Å²) >= 11 is 5.62. The number of phenols is 1. The third kappa shape index (κ3) is 1.08. The first-order valence-electron chi connectivity index (χ1n) is 3.02. The molecule has 0 bridgehead atoms. The molecule has 11 heavy (non-hydrogen) atoms. The van der Waals surface area contributed by atoms with Crippen molar-refractivity contribution in [3.05, 3.63) is 17.6 Å². The fourth-order valence-electron chi connectivity index (χ4n) is 0.882. The minimum absolute atomic E-state index is 0.187. The lowest BCUT2D eigenvalue weighted by molar-refractivity contribution is 0.463. The Kier molecular flexibility index (Phi) is 1.51. The molecular formula is C7H5NOS2. The fraction of sp³-hybridized carbons (Fsp3) is 0. The normalized spacial score (nSPS) is 10.6. The molecule has 0 radical (unpaired) electrons. The number of benzene rings is 1. The van der Waals surface area contributed by atoms with Gasteiger partial charge in [-0.2, -0.15) is 0 Å². The molecule has 0 saturated carbocycles. The molecule has 0 amide bonds. The Morgan fingerprint density at radius 3 is 3.09 bits per heavy atom. The van der Waals surface area contributed by atoms with Crippen molar-refractivity contribution >= 4 is 34.2 Å². The van der Waals surface area contributed by atoms with Crippen molar-refractivity contribution in [1.82, 2.24) is 4.98 Å². The molecule has 0 spiro atoms. The van der Waals surface area contributed by atoms with E-state index in [-0.39, 0.29) is 5.75 Å². The fourth-order valence-corrected chi connectivity index (χ4v) is 1.86. The number of thiol groups is 1. The van der Waals surface area contributed by atoms with Gasteiger partial charge in [-0.3, -0.25) is 0 Å². The van der Waals surface area contributed by atoms with E-state index in [1.807, 2.05) is 6.07 Å². The van der Waals surface area contributed by atoms with Crippen LogP contribution in [0.2, 0.25) is 0 Å². The van der Waals surface area contributed by atoms with Crippen LogP contribution >= 0.6 is 24.0 Å². The molecule has 1 N–H and O–H groups in total. The molecule has 0 atom stereocenters. The number of phenolic OH excluding ortho intramolecular Hbond substituents is 1. The van der Waals surface area contributed by atoms with E-state index in [2.05, 4.69) is 17.6 Å². The molecule has 2 rings (SSSR count). The van der Waals surface area contributed by atoms with Crippen LogP contribution in [0.3, 0.4) is 0 Å². The van der Waals surface area contributed by atoms with Gasteiger partial charge in [0.25, 0.3) is 0 Å². The van der Waals surface area contributed by atoms with Crippen LogP contribution in [0.15, 0.2) is 22.5 Å². The summed E-state index contributed by atoms with van der Waals surface area (Å²) in [4.78, 5) is 4.64. The van der Waals surface area contributed by atoms with Gasteiger partial charge >= 0.3 is 0 Å². The Morgan fingerprint density at radius 2 is 2.27 bits per heavy atom. The molecular weight excluding hydrogens is 178 g/mol. The summed E-state index contributed by atoms with van der Waals surface area (Å²) in [5, 5.41) is 9.22. The zero-order chi connectivity index (χ0) is 7.84. The highest BCUT2D eigenvalue weighted by Crippen LogP contribution is 2.28. The van der Waals surface area contributed by atoms with Gasteiger partial charge in [-0.1, -0.05) is 0 Å². The molecule has 0 saturated heterocycles. The summed E-state index contributed by atoms with van der Waals surface area (Å²) in [7, 11) is 0. The van der Waals surface area contributed by atoms with Crippen LogP contribution in [0.1, 0.15) is 0 Å². The number of fused-ring (bicyclic) bond motifs is 1. The van der Waals surface area contributed by atoms with Crippen LogP contribution < -0.4 is 0 Å². The van der Waals surface area contributed by atoms with E-state index in [1.54, 1.807) is 11.6 Å². The largest absolute Gasteiger partial charge is 0.507 e. The van der Waals surface area contributed by atoms with Crippen LogP contribution in [-0.2, 0) is 0 Å². The first-order valence-corrected chi connectivity index (χ1v) is 4.35. The Labute approximate surface area is 72.9 Å². The highest BCUT2D eigenvalue weighted by molar-refractivity contribution is 7.80. The van der Waals surface area contributed by atoms with Crippen LogP contribution in [0, 0.1) is 0 Å². The topological polar surface area (TPSA) is 33.1 Å². The number of thiazole rings is 1. The van der Waals surface area contributed by atoms with E-state index in [1.165, 1.54) is 11.3 Å². The lowest BCUT2D eigenvalue weighted by Crippen LogP contribution is -1.70. The molecule has 1 aromatic heterocycles. The van der Waals surface area contributed by atoms with Crippen molar-refractivity contribution in [2.75, 3.05) is 0 Å². The smallest absolute Gasteiger partial charge is 0.131 e. The monoisotopic (exact) mass is 183 g/mol. The first-order chi connectivity index (χ1) is 5.27. The van der Waals surface area contributed by atoms with Crippen LogP contribution in [0.5, 0.6) is 5.75 Å². The van der Waals surface area contributed by atoms with Crippen molar-refractivity contribution in [2.45, 2.75) is 4.90 Å². The molecule has 1 aromatic carbocycles. The molecule has 56 valence electrons. The van der Waals surface area contributed by atoms with Gasteiger partial charge in [0.1, 0.15) is 5.75 Å². The second-order valence-corrected chi connectivity index (χ2v) is 3.53. The molecule has 2 nitrogen and oxygen atoms in total. The van der Waals surface area contributed by atoms with Gasteiger partial charge in [0.15, 0.2) is 0 Å². The number of rotatable bonds is 0. The van der Waals surface area contributed by atoms with Crippen molar-refractivity contribution in [1.29, 1.82) is 0 Å². The van der Waals surface area contributed by atoms with E-state index in [9.17, 15) is 5.11 Å². The highest BCUT2D eigenvalue weighted by Gasteiger charge is 2.01. The van der Waals surface area contributed by atoms with E-state index < -0.39 is 0 Å². The molecule has 0 unspecified atom stereocenters. The summed E-state index contributed by atoms with van der Waals surface area (Å²) in [5.41, 5.74) is 2.57. The Morgan fingerprint density at radius 1 is 1.45 bits per heavy atom. The molecule has 0 fully saturated rings. The van der Waals surface area contributed by atoms with E-state index in [0.29, 0.717) is 4.90 Å². The summed E-state index contributed by atoms with van der Waals surface area (Å²) in [6.07, 6.45) is 0. The van der Waals surface area contributed by atoms with Crippen molar-refractivity contribution in [3.63, 3.8) is 0 Å². The van der Waals surface area contributed by atoms with Gasteiger partial charge in [0, 0.05) is 11.0 Å². The van der Waals surface area contributed by atoms with Crippen LogP contribution in [-0.4, -0.2) is 10.1 Å². The van der Waals surface area contributed by atoms with Gasteiger partial charge in [-0.15, -0.1) is 24.0 Å². The van der Waals surface area contributed by atoms with E-state index in [0.717, 1.165) is 10.2 Å². The molecule has 1 heterocycles. The lowest BCUT2D eigenvalue weighted by Gasteiger charge is -1.94. The van der Waals surface area contributed by atoms with Gasteiger partial charge in [0.05, 0.1) is 15.7 Å². The maximum atomic E-state index is 9.22. The number of hydrogen-bond donors (Lipinski definition) is 2. The Balaban J connectivity index is 2.86. The number of hydrogen-bond acceptors (Lipinski definition) is 4. The van der Waals surface area contributed by atoms with Crippen molar-refractivity contribution < 1.29 is 5.11 Å². The second kappa shape index (κ2) is 2.39. The van der Waals surface area contributed by atoms with Crippen LogP contribution in [0.4, 0.5) is 0 Å². The summed E-state index contributed by atoms with van der Waals surface area (Å²) in [5.74, 6) is 0.187. The van der Waals surface area contributed by atoms with E-state index >= 15 is 0 Å². The average molecular weight is 183 g/mol. The maximum absolute atomic E-state index is 9.22. The number of nitrogens with zero attached hydrogens (tertiary/aromatic N) is 1. The third-order valence-corrected chi connectivity index (χ3v) is 2.58. The van der Waals surface area contributed by atoms with Crippen molar-refractivity contribution in [2.24, 2.45) is 0 Å². The zero-order valence-electron chi connectivity index (χ0n) is 5.48. The summed E-state index contributed by atoms with van der Waals surface area (Å²) in [6.45, 7) is 0. The Hall–Kier alpha value is -0.740. The molecule has 4 heteroatoms. The molecule has 0 aliphatic heterocycles. The summed E-state index contributed by atoms with van der Waals surface area (Å²) in [6, 6.07) is 3.43. The highest BCUT2D eigenvalue weighted by atomic mass is 32.1. The van der Waals surface area contributed by atoms with Gasteiger partial charge in [-0.05, 0) is 6.07 Å². The van der Waals surface area contributed by atoms with Gasteiger partial charge in [0.2, 0.25) is 0 Å². The summed E-state index contributed by atoms with van der Waals surface area (Å²) < 4.78 is 1.05. The number of aromatic hydroxyl groups is 1. The van der Waals surface area contributed by atoms with Crippen LogP contribution in [0.25, 0.3) is 10.2 Å². The average Bonchev–Trinajstić information content (AvgIpc) is 2.36. The quantitative estimate of drug-likeness (QED) is 0.614. The minimum Gasteiger partial charge on any atom is -0.507 e. The number of aromatic nitrogens is 1. The molecule has 0 aliphatic carbocycles. The van der Waals surface area contributed by atoms with E-state index in [4.69, 9.17) is 0 Å². The standard InChI is InChI=1S/C7H5NOS2/c9-5-1-4-7(2-6(5)10)11-3-8-4/h1-3,9-10H. The lowest BCUT2D eigenvalue weighted by atomic mass is 10.3. The third-order valence-electron chi connectivity index (χ3n) is 1.43. The molecule has 2 aromatic rings. The molecule has 0 aliphatic rings. The predicted molar refractivity (Wildman–Crippen MR) is 48.5 cm³/mol. The zero-order valence-corrected chi connectivity index (χ0v) is 7.19.